The van der Waals surface area contributed by atoms with Crippen LogP contribution in [0.1, 0.15) is 53.4 Å². The number of hydrogen-bond donors (Lipinski definition) is 0. The average molecular weight is 220 g/mol. The molecule has 1 unspecified atom stereocenters. The van der Waals surface area contributed by atoms with Crippen molar-refractivity contribution in [1.82, 2.24) is 0 Å². The third kappa shape index (κ3) is 1.85. The van der Waals surface area contributed by atoms with E-state index in [9.17, 15) is 4.79 Å². The van der Waals surface area contributed by atoms with Crippen LogP contribution >= 0.6 is 0 Å². The van der Waals surface area contributed by atoms with Gasteiger partial charge in [-0.2, -0.15) is 0 Å². The smallest absolute Gasteiger partial charge is 0.155 e. The van der Waals surface area contributed by atoms with Crippen molar-refractivity contribution < 1.29 is 4.79 Å². The fourth-order valence-electron chi connectivity index (χ4n) is 3.51. The van der Waals surface area contributed by atoms with Crippen LogP contribution in [0.3, 0.4) is 0 Å². The van der Waals surface area contributed by atoms with Crippen molar-refractivity contribution in [2.24, 2.45) is 23.2 Å². The van der Waals surface area contributed by atoms with Gasteiger partial charge in [-0.05, 0) is 48.5 Å². The van der Waals surface area contributed by atoms with E-state index in [-0.39, 0.29) is 0 Å². The second-order valence-electron chi connectivity index (χ2n) is 6.41. The molecule has 0 aromatic heterocycles. The maximum absolute atomic E-state index is 11.6. The van der Waals surface area contributed by atoms with Crippen molar-refractivity contribution in [1.29, 1.82) is 0 Å². The molecule has 0 heterocycles. The molecule has 0 spiro atoms. The van der Waals surface area contributed by atoms with Gasteiger partial charge in [-0.3, -0.25) is 4.79 Å². The van der Waals surface area contributed by atoms with Crippen LogP contribution < -0.4 is 0 Å². The molecule has 2 aliphatic carbocycles. The van der Waals surface area contributed by atoms with E-state index < -0.39 is 0 Å². The van der Waals surface area contributed by atoms with Crippen molar-refractivity contribution in [2.45, 2.75) is 53.4 Å². The van der Waals surface area contributed by atoms with Gasteiger partial charge in [0.05, 0.1) is 0 Å². The Bertz CT molecular complexity index is 326. The van der Waals surface area contributed by atoms with E-state index >= 15 is 0 Å². The van der Waals surface area contributed by atoms with Gasteiger partial charge in [0.25, 0.3) is 0 Å². The molecule has 2 rings (SSSR count). The first-order chi connectivity index (χ1) is 7.43. The molecule has 2 aliphatic rings. The van der Waals surface area contributed by atoms with E-state index in [2.05, 4.69) is 27.7 Å². The summed E-state index contributed by atoms with van der Waals surface area (Å²) in [5, 5.41) is 0. The molecule has 1 saturated carbocycles. The lowest BCUT2D eigenvalue weighted by atomic mass is 9.57. The van der Waals surface area contributed by atoms with Crippen molar-refractivity contribution >= 4 is 5.78 Å². The van der Waals surface area contributed by atoms with Gasteiger partial charge in [0.1, 0.15) is 0 Å². The Labute approximate surface area is 99.3 Å². The highest BCUT2D eigenvalue weighted by molar-refractivity contribution is 5.91. The first-order valence-electron chi connectivity index (χ1n) is 6.67. The summed E-state index contributed by atoms with van der Waals surface area (Å²) >= 11 is 0. The lowest BCUT2D eigenvalue weighted by Crippen LogP contribution is -2.39. The number of rotatable bonds is 1. The summed E-state index contributed by atoms with van der Waals surface area (Å²) in [4.78, 5) is 11.6. The highest BCUT2D eigenvalue weighted by Crippen LogP contribution is 2.52. The molecule has 0 saturated heterocycles. The Morgan fingerprint density at radius 2 is 2.12 bits per heavy atom. The zero-order valence-electron chi connectivity index (χ0n) is 11.0. The second-order valence-corrected chi connectivity index (χ2v) is 6.41. The van der Waals surface area contributed by atoms with E-state index in [1.807, 2.05) is 6.08 Å². The Hall–Kier alpha value is -0.590. The minimum Gasteiger partial charge on any atom is -0.295 e. The fraction of sp³-hybridized carbons (Fsp3) is 0.800. The summed E-state index contributed by atoms with van der Waals surface area (Å²) in [6.07, 6.45) is 6.42. The lowest BCUT2D eigenvalue weighted by Gasteiger charge is -2.47. The Kier molecular flexibility index (Phi) is 2.98. The number of carbonyl (C=O) groups is 1. The van der Waals surface area contributed by atoms with Gasteiger partial charge in [0.2, 0.25) is 0 Å². The molecule has 0 N–H and O–H groups in total. The molecule has 3 atom stereocenters. The fourth-order valence-corrected chi connectivity index (χ4v) is 3.51. The standard InChI is InChI=1S/C15H24O/c1-10(2)12-5-6-13-8-14(16)7-11(3)15(13,4)9-12/h8,10-12H,5-7,9H2,1-4H3/t11-,12?,15+/m1/s1. The van der Waals surface area contributed by atoms with Crippen LogP contribution in [-0.4, -0.2) is 5.78 Å². The summed E-state index contributed by atoms with van der Waals surface area (Å²) in [6, 6.07) is 0. The average Bonchev–Trinajstić information content (AvgIpc) is 2.19. The molecular formula is C15H24O. The highest BCUT2D eigenvalue weighted by atomic mass is 16.1. The van der Waals surface area contributed by atoms with Crippen molar-refractivity contribution in [3.8, 4) is 0 Å². The van der Waals surface area contributed by atoms with Gasteiger partial charge >= 0.3 is 0 Å². The van der Waals surface area contributed by atoms with E-state index in [4.69, 9.17) is 0 Å². The summed E-state index contributed by atoms with van der Waals surface area (Å²) < 4.78 is 0. The first-order valence-corrected chi connectivity index (χ1v) is 6.67. The van der Waals surface area contributed by atoms with Crippen LogP contribution in [0, 0.1) is 23.2 Å². The summed E-state index contributed by atoms with van der Waals surface area (Å²) in [6.45, 7) is 9.31. The quantitative estimate of drug-likeness (QED) is 0.653. The maximum Gasteiger partial charge on any atom is 0.155 e. The predicted molar refractivity (Wildman–Crippen MR) is 67.2 cm³/mol. The SMILES string of the molecule is CC(C)C1CCC2=CC(=O)C[C@@H](C)[C@]2(C)C1. The predicted octanol–water partition coefficient (Wildman–Crippen LogP) is 3.98. The number of carbonyl (C=O) groups excluding carboxylic acids is 1. The number of allylic oxidation sites excluding steroid dienone is 2. The normalized spacial score (nSPS) is 39.6. The minimum absolute atomic E-state index is 0.307. The molecule has 0 aliphatic heterocycles. The van der Waals surface area contributed by atoms with Gasteiger partial charge in [-0.25, -0.2) is 0 Å². The van der Waals surface area contributed by atoms with Crippen molar-refractivity contribution in [3.05, 3.63) is 11.6 Å². The van der Waals surface area contributed by atoms with Crippen LogP contribution in [0.15, 0.2) is 11.6 Å². The van der Waals surface area contributed by atoms with Crippen LogP contribution in [-0.2, 0) is 4.79 Å². The Morgan fingerprint density at radius 1 is 1.44 bits per heavy atom. The third-order valence-corrected chi connectivity index (χ3v) is 5.08. The summed E-state index contributed by atoms with van der Waals surface area (Å²) in [7, 11) is 0. The van der Waals surface area contributed by atoms with Gasteiger partial charge < -0.3 is 0 Å². The topological polar surface area (TPSA) is 17.1 Å². The Morgan fingerprint density at radius 3 is 2.75 bits per heavy atom. The molecule has 90 valence electrons. The molecule has 0 bridgehead atoms. The highest BCUT2D eigenvalue weighted by Gasteiger charge is 2.43. The van der Waals surface area contributed by atoms with Gasteiger partial charge in [0.15, 0.2) is 5.78 Å². The van der Waals surface area contributed by atoms with E-state index in [0.29, 0.717) is 17.1 Å². The van der Waals surface area contributed by atoms with Gasteiger partial charge in [0, 0.05) is 6.42 Å². The Balaban J connectivity index is 2.27. The summed E-state index contributed by atoms with van der Waals surface area (Å²) in [5.41, 5.74) is 1.74. The molecule has 1 nitrogen and oxygen atoms in total. The van der Waals surface area contributed by atoms with Crippen LogP contribution in [0.4, 0.5) is 0 Å². The van der Waals surface area contributed by atoms with Crippen molar-refractivity contribution in [3.63, 3.8) is 0 Å². The summed E-state index contributed by atoms with van der Waals surface area (Å²) in [5.74, 6) is 2.51. The minimum atomic E-state index is 0.307. The first kappa shape index (κ1) is 11.9. The third-order valence-electron chi connectivity index (χ3n) is 5.08. The number of fused-ring (bicyclic) bond motifs is 1. The molecule has 0 aromatic carbocycles. The van der Waals surface area contributed by atoms with Gasteiger partial charge in [-0.1, -0.05) is 33.3 Å². The van der Waals surface area contributed by atoms with E-state index in [1.54, 1.807) is 0 Å². The molecule has 0 aromatic rings. The van der Waals surface area contributed by atoms with Gasteiger partial charge in [-0.15, -0.1) is 0 Å². The molecule has 1 fully saturated rings. The van der Waals surface area contributed by atoms with E-state index in [0.717, 1.165) is 24.7 Å². The van der Waals surface area contributed by atoms with Crippen molar-refractivity contribution in [2.75, 3.05) is 0 Å². The largest absolute Gasteiger partial charge is 0.295 e. The molecule has 0 radical (unpaired) electrons. The molecule has 16 heavy (non-hydrogen) atoms. The number of ketones is 1. The lowest BCUT2D eigenvalue weighted by molar-refractivity contribution is -0.117. The number of hydrogen-bond acceptors (Lipinski definition) is 1. The molecular weight excluding hydrogens is 196 g/mol. The maximum atomic E-state index is 11.6. The van der Waals surface area contributed by atoms with Crippen LogP contribution in [0.25, 0.3) is 0 Å². The monoisotopic (exact) mass is 220 g/mol. The zero-order valence-corrected chi connectivity index (χ0v) is 11.0. The van der Waals surface area contributed by atoms with Crippen LogP contribution in [0.5, 0.6) is 0 Å². The van der Waals surface area contributed by atoms with Crippen LogP contribution in [0.2, 0.25) is 0 Å². The zero-order chi connectivity index (χ0) is 11.9. The molecule has 1 heteroatoms. The second kappa shape index (κ2) is 4.01. The van der Waals surface area contributed by atoms with E-state index in [1.165, 1.54) is 18.4 Å². The molecule has 0 amide bonds.